The fourth-order valence-electron chi connectivity index (χ4n) is 3.15. The zero-order chi connectivity index (χ0) is 15.8. The van der Waals surface area contributed by atoms with E-state index < -0.39 is 0 Å². The van der Waals surface area contributed by atoms with Crippen LogP contribution in [0.4, 0.5) is 0 Å². The van der Waals surface area contributed by atoms with E-state index in [0.29, 0.717) is 0 Å². The van der Waals surface area contributed by atoms with E-state index in [9.17, 15) is 0 Å². The average Bonchev–Trinajstić information content (AvgIpc) is 3.14. The second-order valence-corrected chi connectivity index (χ2v) is 6.06. The molecule has 0 aliphatic heterocycles. The minimum absolute atomic E-state index is 0.809. The van der Waals surface area contributed by atoms with E-state index in [1.165, 1.54) is 22.0 Å². The third-order valence-corrected chi connectivity index (χ3v) is 4.35. The van der Waals surface area contributed by atoms with Gasteiger partial charge in [-0.3, -0.25) is 0 Å². The second kappa shape index (κ2) is 5.54. The van der Waals surface area contributed by atoms with Gasteiger partial charge >= 0.3 is 0 Å². The van der Waals surface area contributed by atoms with Crippen molar-refractivity contribution in [2.45, 2.75) is 33.2 Å². The van der Waals surface area contributed by atoms with E-state index in [4.69, 9.17) is 4.98 Å². The van der Waals surface area contributed by atoms with Gasteiger partial charge in [-0.25, -0.2) is 9.97 Å². The molecule has 3 aromatic heterocycles. The summed E-state index contributed by atoms with van der Waals surface area (Å²) in [6.07, 6.45) is 5.91. The van der Waals surface area contributed by atoms with Crippen LogP contribution in [0, 0.1) is 6.92 Å². The monoisotopic (exact) mass is 304 g/mol. The highest BCUT2D eigenvalue weighted by molar-refractivity contribution is 5.80. The van der Waals surface area contributed by atoms with Crippen LogP contribution in [0.5, 0.6) is 0 Å². The first-order chi connectivity index (χ1) is 11.3. The van der Waals surface area contributed by atoms with Crippen LogP contribution in [-0.4, -0.2) is 19.5 Å². The zero-order valence-electron chi connectivity index (χ0n) is 13.5. The molecular formula is C19H20N4. The minimum Gasteiger partial charge on any atom is -0.361 e. The Morgan fingerprint density at radius 1 is 1.17 bits per heavy atom. The Morgan fingerprint density at radius 3 is 2.96 bits per heavy atom. The van der Waals surface area contributed by atoms with Gasteiger partial charge in [-0.2, -0.15) is 0 Å². The molecule has 3 heterocycles. The number of pyridine rings is 1. The standard InChI is InChI=1S/C19H20N4/c1-3-4-17-22-18-13(2)7-9-21-19(18)23(17)12-14-5-6-16-15(11-14)8-10-20-16/h5-11,20H,3-4,12H2,1-2H3. The van der Waals surface area contributed by atoms with Crippen LogP contribution in [0.2, 0.25) is 0 Å². The molecule has 0 aliphatic rings. The Morgan fingerprint density at radius 2 is 2.09 bits per heavy atom. The summed E-state index contributed by atoms with van der Waals surface area (Å²) in [6, 6.07) is 10.7. The van der Waals surface area contributed by atoms with Gasteiger partial charge in [0.25, 0.3) is 0 Å². The second-order valence-electron chi connectivity index (χ2n) is 6.06. The van der Waals surface area contributed by atoms with Crippen molar-refractivity contribution in [1.29, 1.82) is 0 Å². The molecule has 0 fully saturated rings. The molecule has 0 saturated carbocycles. The average molecular weight is 304 g/mol. The third kappa shape index (κ3) is 2.40. The summed E-state index contributed by atoms with van der Waals surface area (Å²) in [7, 11) is 0. The summed E-state index contributed by atoms with van der Waals surface area (Å²) in [5.41, 5.74) is 5.65. The van der Waals surface area contributed by atoms with Crippen molar-refractivity contribution in [3.05, 3.63) is 59.7 Å². The number of aromatic amines is 1. The Balaban J connectivity index is 1.82. The van der Waals surface area contributed by atoms with Gasteiger partial charge in [0.1, 0.15) is 11.3 Å². The molecule has 0 bridgehead atoms. The fraction of sp³-hybridized carbons (Fsp3) is 0.263. The molecule has 116 valence electrons. The molecule has 0 unspecified atom stereocenters. The van der Waals surface area contributed by atoms with Crippen LogP contribution in [0.15, 0.2) is 42.7 Å². The van der Waals surface area contributed by atoms with Crippen molar-refractivity contribution in [2.75, 3.05) is 0 Å². The largest absolute Gasteiger partial charge is 0.361 e. The minimum atomic E-state index is 0.809. The number of imidazole rings is 1. The molecule has 4 heteroatoms. The van der Waals surface area contributed by atoms with Gasteiger partial charge in [0.05, 0.1) is 6.54 Å². The SMILES string of the molecule is CCCc1nc2c(C)ccnc2n1Cc1ccc2[nH]ccc2c1. The predicted octanol–water partition coefficient (Wildman–Crippen LogP) is 4.22. The van der Waals surface area contributed by atoms with Gasteiger partial charge in [0, 0.05) is 24.3 Å². The first-order valence-electron chi connectivity index (χ1n) is 8.13. The first-order valence-corrected chi connectivity index (χ1v) is 8.13. The van der Waals surface area contributed by atoms with E-state index in [1.807, 2.05) is 18.5 Å². The number of benzene rings is 1. The van der Waals surface area contributed by atoms with Crippen LogP contribution in [0.1, 0.15) is 30.3 Å². The van der Waals surface area contributed by atoms with Gasteiger partial charge in [-0.05, 0) is 54.1 Å². The third-order valence-electron chi connectivity index (χ3n) is 4.35. The Kier molecular flexibility index (Phi) is 3.37. The zero-order valence-corrected chi connectivity index (χ0v) is 13.5. The van der Waals surface area contributed by atoms with Gasteiger partial charge in [-0.1, -0.05) is 13.0 Å². The van der Waals surface area contributed by atoms with Gasteiger partial charge in [0.2, 0.25) is 0 Å². The molecule has 0 saturated heterocycles. The molecule has 0 radical (unpaired) electrons. The molecule has 0 aliphatic carbocycles. The number of rotatable bonds is 4. The highest BCUT2D eigenvalue weighted by Crippen LogP contribution is 2.21. The van der Waals surface area contributed by atoms with Crippen molar-refractivity contribution in [1.82, 2.24) is 19.5 Å². The summed E-state index contributed by atoms with van der Waals surface area (Å²) >= 11 is 0. The van der Waals surface area contributed by atoms with Crippen LogP contribution < -0.4 is 0 Å². The van der Waals surface area contributed by atoms with E-state index in [2.05, 4.69) is 52.6 Å². The summed E-state index contributed by atoms with van der Waals surface area (Å²) in [5.74, 6) is 1.12. The Labute approximate surface area is 135 Å². The lowest BCUT2D eigenvalue weighted by atomic mass is 10.1. The van der Waals surface area contributed by atoms with Crippen LogP contribution in [0.25, 0.3) is 22.1 Å². The maximum absolute atomic E-state index is 4.84. The maximum atomic E-state index is 4.84. The summed E-state index contributed by atoms with van der Waals surface area (Å²) in [6.45, 7) is 5.10. The predicted molar refractivity (Wildman–Crippen MR) is 93.7 cm³/mol. The first kappa shape index (κ1) is 14.0. The lowest BCUT2D eigenvalue weighted by Crippen LogP contribution is -2.06. The lowest BCUT2D eigenvalue weighted by molar-refractivity contribution is 0.717. The van der Waals surface area contributed by atoms with E-state index in [1.54, 1.807) is 0 Å². The molecule has 1 aromatic carbocycles. The number of aromatic nitrogens is 4. The smallest absolute Gasteiger partial charge is 0.160 e. The highest BCUT2D eigenvalue weighted by Gasteiger charge is 2.13. The highest BCUT2D eigenvalue weighted by atomic mass is 15.1. The summed E-state index contributed by atoms with van der Waals surface area (Å²) < 4.78 is 2.26. The van der Waals surface area contributed by atoms with Crippen molar-refractivity contribution in [3.8, 4) is 0 Å². The Bertz CT molecular complexity index is 978. The molecule has 0 spiro atoms. The topological polar surface area (TPSA) is 46.5 Å². The van der Waals surface area contributed by atoms with E-state index in [0.717, 1.165) is 36.4 Å². The van der Waals surface area contributed by atoms with E-state index >= 15 is 0 Å². The molecular weight excluding hydrogens is 284 g/mol. The van der Waals surface area contributed by atoms with E-state index in [-0.39, 0.29) is 0 Å². The van der Waals surface area contributed by atoms with Crippen molar-refractivity contribution >= 4 is 22.1 Å². The van der Waals surface area contributed by atoms with Gasteiger partial charge in [0.15, 0.2) is 5.65 Å². The number of hydrogen-bond acceptors (Lipinski definition) is 2. The van der Waals surface area contributed by atoms with Crippen LogP contribution in [-0.2, 0) is 13.0 Å². The number of nitrogens with zero attached hydrogens (tertiary/aromatic N) is 3. The van der Waals surface area contributed by atoms with Crippen molar-refractivity contribution in [2.24, 2.45) is 0 Å². The molecule has 4 rings (SSSR count). The molecule has 4 aromatic rings. The number of H-pyrrole nitrogens is 1. The molecule has 4 nitrogen and oxygen atoms in total. The molecule has 0 atom stereocenters. The fourth-order valence-corrected chi connectivity index (χ4v) is 3.15. The van der Waals surface area contributed by atoms with Crippen molar-refractivity contribution < 1.29 is 0 Å². The number of aryl methyl sites for hydroxylation is 2. The summed E-state index contributed by atoms with van der Waals surface area (Å²) in [4.78, 5) is 12.7. The van der Waals surface area contributed by atoms with Gasteiger partial charge < -0.3 is 9.55 Å². The lowest BCUT2D eigenvalue weighted by Gasteiger charge is -2.09. The normalized spacial score (nSPS) is 11.6. The van der Waals surface area contributed by atoms with Gasteiger partial charge in [-0.15, -0.1) is 0 Å². The number of nitrogens with one attached hydrogen (secondary N) is 1. The number of hydrogen-bond donors (Lipinski definition) is 1. The maximum Gasteiger partial charge on any atom is 0.160 e. The summed E-state index contributed by atoms with van der Waals surface area (Å²) in [5, 5.41) is 1.24. The van der Waals surface area contributed by atoms with Crippen LogP contribution >= 0.6 is 0 Å². The quantitative estimate of drug-likeness (QED) is 0.613. The molecule has 1 N–H and O–H groups in total. The van der Waals surface area contributed by atoms with Crippen molar-refractivity contribution in [3.63, 3.8) is 0 Å². The Hall–Kier alpha value is -2.62. The molecule has 23 heavy (non-hydrogen) atoms. The molecule has 0 amide bonds. The van der Waals surface area contributed by atoms with Crippen LogP contribution in [0.3, 0.4) is 0 Å². The number of fused-ring (bicyclic) bond motifs is 2.